The smallest absolute Gasteiger partial charge is 0.145 e. The van der Waals surface area contributed by atoms with Crippen molar-refractivity contribution in [2.45, 2.75) is 32.2 Å². The first-order valence-corrected chi connectivity index (χ1v) is 8.00. The number of fused-ring (bicyclic) bond motifs is 1. The predicted octanol–water partition coefficient (Wildman–Crippen LogP) is 4.27. The Balaban J connectivity index is 1.97. The summed E-state index contributed by atoms with van der Waals surface area (Å²) >= 11 is 6.22. The number of ether oxygens (including phenoxy) is 1. The van der Waals surface area contributed by atoms with Gasteiger partial charge in [0.25, 0.3) is 0 Å². The number of methoxy groups -OCH3 is 1. The van der Waals surface area contributed by atoms with E-state index in [0.717, 1.165) is 23.2 Å². The molecule has 0 amide bonds. The van der Waals surface area contributed by atoms with Crippen LogP contribution in [0.15, 0.2) is 24.3 Å². The summed E-state index contributed by atoms with van der Waals surface area (Å²) in [6.45, 7) is 3.28. The van der Waals surface area contributed by atoms with E-state index in [2.05, 4.69) is 16.0 Å². The Morgan fingerprint density at radius 2 is 1.95 bits per heavy atom. The SMILES string of the molecule is COc1cccc2c(CN3CCCCCC3)cc(Cl)nc12. The van der Waals surface area contributed by atoms with Crippen LogP contribution in [0.25, 0.3) is 10.9 Å². The Morgan fingerprint density at radius 1 is 1.19 bits per heavy atom. The topological polar surface area (TPSA) is 25.4 Å². The molecule has 112 valence electrons. The molecule has 0 aliphatic carbocycles. The summed E-state index contributed by atoms with van der Waals surface area (Å²) in [5, 5.41) is 1.68. The zero-order valence-corrected chi connectivity index (χ0v) is 13.2. The molecule has 0 radical (unpaired) electrons. The van der Waals surface area contributed by atoms with E-state index in [1.165, 1.54) is 44.3 Å². The number of para-hydroxylation sites is 1. The lowest BCUT2D eigenvalue weighted by Gasteiger charge is -2.21. The van der Waals surface area contributed by atoms with Gasteiger partial charge in [0.05, 0.1) is 7.11 Å². The Bertz CT molecular complexity index is 621. The number of pyridine rings is 1. The van der Waals surface area contributed by atoms with Gasteiger partial charge in [-0.2, -0.15) is 0 Å². The molecule has 1 fully saturated rings. The first-order valence-electron chi connectivity index (χ1n) is 7.62. The van der Waals surface area contributed by atoms with Crippen LogP contribution in [0.1, 0.15) is 31.2 Å². The second-order valence-corrected chi connectivity index (χ2v) is 6.04. The van der Waals surface area contributed by atoms with Crippen LogP contribution in [0.4, 0.5) is 0 Å². The molecule has 1 aliphatic heterocycles. The van der Waals surface area contributed by atoms with Crippen LogP contribution in [-0.2, 0) is 6.54 Å². The van der Waals surface area contributed by atoms with Gasteiger partial charge in [-0.15, -0.1) is 0 Å². The summed E-state index contributed by atoms with van der Waals surface area (Å²) in [5.74, 6) is 0.784. The molecule has 3 rings (SSSR count). The molecule has 0 spiro atoms. The van der Waals surface area contributed by atoms with Crippen molar-refractivity contribution >= 4 is 22.5 Å². The van der Waals surface area contributed by atoms with Gasteiger partial charge in [-0.05, 0) is 43.6 Å². The third-order valence-electron chi connectivity index (χ3n) is 4.17. The van der Waals surface area contributed by atoms with Crippen molar-refractivity contribution in [1.82, 2.24) is 9.88 Å². The van der Waals surface area contributed by atoms with Crippen LogP contribution < -0.4 is 4.74 Å². The minimum atomic E-state index is 0.539. The van der Waals surface area contributed by atoms with Gasteiger partial charge in [0.2, 0.25) is 0 Å². The number of likely N-dealkylation sites (tertiary alicyclic amines) is 1. The number of rotatable bonds is 3. The summed E-state index contributed by atoms with van der Waals surface area (Å²) in [6, 6.07) is 8.05. The fraction of sp³-hybridized carbons (Fsp3) is 0.471. The van der Waals surface area contributed by atoms with E-state index in [0.29, 0.717) is 5.15 Å². The van der Waals surface area contributed by atoms with Gasteiger partial charge in [-0.25, -0.2) is 4.98 Å². The van der Waals surface area contributed by atoms with Crippen LogP contribution in [-0.4, -0.2) is 30.1 Å². The van der Waals surface area contributed by atoms with E-state index >= 15 is 0 Å². The molecule has 1 aliphatic rings. The second-order valence-electron chi connectivity index (χ2n) is 5.65. The van der Waals surface area contributed by atoms with Crippen molar-refractivity contribution in [2.75, 3.05) is 20.2 Å². The minimum Gasteiger partial charge on any atom is -0.494 e. The Hall–Kier alpha value is -1.32. The molecule has 1 aromatic heterocycles. The molecule has 0 unspecified atom stereocenters. The predicted molar refractivity (Wildman–Crippen MR) is 87.1 cm³/mol. The average Bonchev–Trinajstić information content (AvgIpc) is 2.75. The van der Waals surface area contributed by atoms with Crippen molar-refractivity contribution in [3.05, 3.63) is 35.0 Å². The molecule has 3 nitrogen and oxygen atoms in total. The maximum absolute atomic E-state index is 6.22. The Morgan fingerprint density at radius 3 is 2.67 bits per heavy atom. The summed E-state index contributed by atoms with van der Waals surface area (Å²) in [6.07, 6.45) is 5.28. The van der Waals surface area contributed by atoms with E-state index < -0.39 is 0 Å². The normalized spacial score (nSPS) is 16.9. The van der Waals surface area contributed by atoms with Crippen molar-refractivity contribution in [3.8, 4) is 5.75 Å². The van der Waals surface area contributed by atoms with E-state index in [1.807, 2.05) is 18.2 Å². The molecule has 21 heavy (non-hydrogen) atoms. The fourth-order valence-corrected chi connectivity index (χ4v) is 3.30. The highest BCUT2D eigenvalue weighted by Gasteiger charge is 2.14. The van der Waals surface area contributed by atoms with Crippen molar-refractivity contribution in [3.63, 3.8) is 0 Å². The molecule has 4 heteroatoms. The molecule has 0 saturated carbocycles. The first kappa shape index (κ1) is 14.6. The highest BCUT2D eigenvalue weighted by atomic mass is 35.5. The van der Waals surface area contributed by atoms with Gasteiger partial charge in [0.1, 0.15) is 16.4 Å². The number of hydrogen-bond donors (Lipinski definition) is 0. The summed E-state index contributed by atoms with van der Waals surface area (Å²) in [7, 11) is 1.67. The molecular formula is C17H21ClN2O. The zero-order chi connectivity index (χ0) is 14.7. The van der Waals surface area contributed by atoms with E-state index in [9.17, 15) is 0 Å². The van der Waals surface area contributed by atoms with Crippen LogP contribution in [0.5, 0.6) is 5.75 Å². The molecule has 0 atom stereocenters. The largest absolute Gasteiger partial charge is 0.494 e. The summed E-state index contributed by atoms with van der Waals surface area (Å²) in [4.78, 5) is 6.97. The van der Waals surface area contributed by atoms with Crippen molar-refractivity contribution in [2.24, 2.45) is 0 Å². The van der Waals surface area contributed by atoms with Gasteiger partial charge in [0.15, 0.2) is 0 Å². The maximum Gasteiger partial charge on any atom is 0.145 e. The average molecular weight is 305 g/mol. The Kier molecular flexibility index (Phi) is 4.61. The summed E-state index contributed by atoms with van der Waals surface area (Å²) < 4.78 is 5.41. The number of benzene rings is 1. The molecule has 0 bridgehead atoms. The molecule has 2 heterocycles. The molecule has 0 N–H and O–H groups in total. The highest BCUT2D eigenvalue weighted by Crippen LogP contribution is 2.29. The van der Waals surface area contributed by atoms with Gasteiger partial charge >= 0.3 is 0 Å². The maximum atomic E-state index is 6.22. The van der Waals surface area contributed by atoms with Gasteiger partial charge in [-0.1, -0.05) is 36.6 Å². The third kappa shape index (κ3) is 3.30. The van der Waals surface area contributed by atoms with Crippen LogP contribution in [0.3, 0.4) is 0 Å². The van der Waals surface area contributed by atoms with Crippen LogP contribution in [0.2, 0.25) is 5.15 Å². The van der Waals surface area contributed by atoms with Crippen molar-refractivity contribution < 1.29 is 4.74 Å². The zero-order valence-electron chi connectivity index (χ0n) is 12.4. The lowest BCUT2D eigenvalue weighted by atomic mass is 10.1. The number of aromatic nitrogens is 1. The summed E-state index contributed by atoms with van der Waals surface area (Å²) in [5.41, 5.74) is 2.10. The van der Waals surface area contributed by atoms with E-state index in [1.54, 1.807) is 7.11 Å². The van der Waals surface area contributed by atoms with Gasteiger partial charge < -0.3 is 4.74 Å². The van der Waals surface area contributed by atoms with Crippen LogP contribution >= 0.6 is 11.6 Å². The molecule has 1 aromatic carbocycles. The monoisotopic (exact) mass is 304 g/mol. The van der Waals surface area contributed by atoms with Gasteiger partial charge in [0, 0.05) is 11.9 Å². The lowest BCUT2D eigenvalue weighted by Crippen LogP contribution is -2.24. The third-order valence-corrected chi connectivity index (χ3v) is 4.36. The lowest BCUT2D eigenvalue weighted by molar-refractivity contribution is 0.278. The standard InChI is InChI=1S/C17H21ClN2O/c1-21-15-8-6-7-14-13(11-16(18)19-17(14)15)12-20-9-4-2-3-5-10-20/h6-8,11H,2-5,9-10,12H2,1H3. The van der Waals surface area contributed by atoms with Gasteiger partial charge in [-0.3, -0.25) is 4.90 Å². The fourth-order valence-electron chi connectivity index (χ4n) is 3.09. The molecule has 1 saturated heterocycles. The number of halogens is 1. The number of hydrogen-bond acceptors (Lipinski definition) is 3. The quantitative estimate of drug-likeness (QED) is 0.792. The number of nitrogens with zero attached hydrogens (tertiary/aromatic N) is 2. The highest BCUT2D eigenvalue weighted by molar-refractivity contribution is 6.30. The Labute approximate surface area is 130 Å². The van der Waals surface area contributed by atoms with E-state index in [-0.39, 0.29) is 0 Å². The minimum absolute atomic E-state index is 0.539. The van der Waals surface area contributed by atoms with Crippen LogP contribution in [0, 0.1) is 0 Å². The first-order chi connectivity index (χ1) is 10.3. The van der Waals surface area contributed by atoms with Crippen molar-refractivity contribution in [1.29, 1.82) is 0 Å². The molecular weight excluding hydrogens is 284 g/mol. The second kappa shape index (κ2) is 6.63. The van der Waals surface area contributed by atoms with E-state index in [4.69, 9.17) is 16.3 Å². The molecule has 2 aromatic rings.